The van der Waals surface area contributed by atoms with E-state index in [-0.39, 0.29) is 17.5 Å². The Bertz CT molecular complexity index is 484. The van der Waals surface area contributed by atoms with Crippen molar-refractivity contribution in [2.45, 2.75) is 0 Å². The number of rotatable bonds is 2. The van der Waals surface area contributed by atoms with Crippen molar-refractivity contribution in [2.75, 3.05) is 12.8 Å². The average Bonchev–Trinajstić information content (AvgIpc) is 2.64. The second kappa shape index (κ2) is 3.56. The van der Waals surface area contributed by atoms with Gasteiger partial charge in [-0.3, -0.25) is 0 Å². The lowest BCUT2D eigenvalue weighted by atomic mass is 10.2. The zero-order valence-corrected chi connectivity index (χ0v) is 7.90. The summed E-state index contributed by atoms with van der Waals surface area (Å²) in [6, 6.07) is 4.28. The number of nitrogen functional groups attached to an aromatic ring is 1. The molecule has 0 unspecified atom stereocenters. The van der Waals surface area contributed by atoms with Gasteiger partial charge in [0.15, 0.2) is 0 Å². The predicted molar refractivity (Wildman–Crippen MR) is 50.7 cm³/mol. The smallest absolute Gasteiger partial charge is 0.313 e. The molecule has 78 valence electrons. The number of aromatic nitrogens is 2. The number of hydrogen-bond donors (Lipinski definition) is 1. The number of benzene rings is 1. The maximum absolute atomic E-state index is 13.5. The molecule has 1 heterocycles. The van der Waals surface area contributed by atoms with Crippen LogP contribution in [0.5, 0.6) is 5.75 Å². The van der Waals surface area contributed by atoms with Crippen LogP contribution in [0.1, 0.15) is 0 Å². The van der Waals surface area contributed by atoms with E-state index in [0.29, 0.717) is 5.75 Å². The Kier molecular flexibility index (Phi) is 2.24. The molecular weight excluding hydrogens is 201 g/mol. The second-order valence-electron chi connectivity index (χ2n) is 2.76. The summed E-state index contributed by atoms with van der Waals surface area (Å²) in [5.74, 6) is -0.181. The van der Waals surface area contributed by atoms with Crippen molar-refractivity contribution in [2.24, 2.45) is 0 Å². The average molecular weight is 209 g/mol. The minimum atomic E-state index is -0.502. The van der Waals surface area contributed by atoms with Gasteiger partial charge in [-0.15, -0.1) is 5.10 Å². The highest BCUT2D eigenvalue weighted by molar-refractivity contribution is 5.63. The molecule has 0 bridgehead atoms. The standard InChI is InChI=1S/C9H8FN3O2/c1-14-6-4-2-3-5(10)7(6)8-12-13-9(11)15-8/h2-4H,1H3,(H2,11,13). The van der Waals surface area contributed by atoms with Crippen LogP contribution in [0.15, 0.2) is 22.6 Å². The zero-order chi connectivity index (χ0) is 10.8. The van der Waals surface area contributed by atoms with E-state index in [0.717, 1.165) is 0 Å². The van der Waals surface area contributed by atoms with Crippen molar-refractivity contribution < 1.29 is 13.5 Å². The van der Waals surface area contributed by atoms with Gasteiger partial charge >= 0.3 is 6.01 Å². The topological polar surface area (TPSA) is 74.2 Å². The van der Waals surface area contributed by atoms with Gasteiger partial charge in [0.25, 0.3) is 5.89 Å². The summed E-state index contributed by atoms with van der Waals surface area (Å²) in [5.41, 5.74) is 5.37. The first-order chi connectivity index (χ1) is 7.22. The van der Waals surface area contributed by atoms with E-state index in [1.807, 2.05) is 0 Å². The molecule has 0 fully saturated rings. The van der Waals surface area contributed by atoms with Gasteiger partial charge in [-0.05, 0) is 12.1 Å². The summed E-state index contributed by atoms with van der Waals surface area (Å²) in [6.07, 6.45) is 0. The SMILES string of the molecule is COc1cccc(F)c1-c1nnc(N)o1. The molecule has 15 heavy (non-hydrogen) atoms. The largest absolute Gasteiger partial charge is 0.496 e. The lowest BCUT2D eigenvalue weighted by Gasteiger charge is -2.04. The van der Waals surface area contributed by atoms with Gasteiger partial charge in [0, 0.05) is 0 Å². The molecule has 0 atom stereocenters. The van der Waals surface area contributed by atoms with E-state index in [2.05, 4.69) is 10.2 Å². The number of methoxy groups -OCH3 is 1. The van der Waals surface area contributed by atoms with Crippen LogP contribution >= 0.6 is 0 Å². The fraction of sp³-hybridized carbons (Fsp3) is 0.111. The van der Waals surface area contributed by atoms with Crippen LogP contribution in [-0.4, -0.2) is 17.3 Å². The number of hydrogen-bond acceptors (Lipinski definition) is 5. The third-order valence-corrected chi connectivity index (χ3v) is 1.85. The van der Waals surface area contributed by atoms with Gasteiger partial charge in [0.2, 0.25) is 0 Å². The molecule has 0 spiro atoms. The van der Waals surface area contributed by atoms with Crippen LogP contribution in [0, 0.1) is 5.82 Å². The Labute approximate surface area is 84.7 Å². The van der Waals surface area contributed by atoms with Crippen LogP contribution in [0.25, 0.3) is 11.5 Å². The molecule has 5 nitrogen and oxygen atoms in total. The van der Waals surface area contributed by atoms with Gasteiger partial charge in [-0.2, -0.15) is 0 Å². The Balaban J connectivity index is 2.60. The third-order valence-electron chi connectivity index (χ3n) is 1.85. The van der Waals surface area contributed by atoms with Crippen molar-refractivity contribution in [3.63, 3.8) is 0 Å². The Morgan fingerprint density at radius 1 is 1.40 bits per heavy atom. The molecule has 2 rings (SSSR count). The van der Waals surface area contributed by atoms with Crippen molar-refractivity contribution in [3.8, 4) is 17.2 Å². The van der Waals surface area contributed by atoms with E-state index in [1.54, 1.807) is 6.07 Å². The monoisotopic (exact) mass is 209 g/mol. The van der Waals surface area contributed by atoms with Gasteiger partial charge in [-0.25, -0.2) is 4.39 Å². The zero-order valence-electron chi connectivity index (χ0n) is 7.90. The molecule has 0 aliphatic heterocycles. The predicted octanol–water partition coefficient (Wildman–Crippen LogP) is 1.47. The molecule has 2 aromatic rings. The van der Waals surface area contributed by atoms with E-state index >= 15 is 0 Å². The van der Waals surface area contributed by atoms with Crippen molar-refractivity contribution in [1.29, 1.82) is 0 Å². The first kappa shape index (κ1) is 9.45. The van der Waals surface area contributed by atoms with Crippen LogP contribution in [0.3, 0.4) is 0 Å². The Morgan fingerprint density at radius 2 is 2.20 bits per heavy atom. The van der Waals surface area contributed by atoms with Crippen molar-refractivity contribution in [1.82, 2.24) is 10.2 Å². The highest BCUT2D eigenvalue weighted by Gasteiger charge is 2.17. The summed E-state index contributed by atoms with van der Waals surface area (Å²) in [5, 5.41) is 7.04. The molecular formula is C9H8FN3O2. The number of ether oxygens (including phenoxy) is 1. The lowest BCUT2D eigenvalue weighted by Crippen LogP contribution is -1.91. The summed E-state index contributed by atoms with van der Waals surface area (Å²) in [4.78, 5) is 0. The van der Waals surface area contributed by atoms with Gasteiger partial charge in [0.1, 0.15) is 17.1 Å². The van der Waals surface area contributed by atoms with Gasteiger partial charge in [0.05, 0.1) is 7.11 Å². The van der Waals surface area contributed by atoms with Crippen LogP contribution in [0.4, 0.5) is 10.4 Å². The van der Waals surface area contributed by atoms with Gasteiger partial charge < -0.3 is 14.9 Å². The maximum Gasteiger partial charge on any atom is 0.313 e. The molecule has 0 radical (unpaired) electrons. The molecule has 0 aliphatic rings. The molecule has 1 aromatic heterocycles. The summed E-state index contributed by atoms with van der Waals surface area (Å²) in [7, 11) is 1.43. The fourth-order valence-corrected chi connectivity index (χ4v) is 1.22. The van der Waals surface area contributed by atoms with Crippen molar-refractivity contribution >= 4 is 6.01 Å². The third kappa shape index (κ3) is 1.61. The van der Waals surface area contributed by atoms with E-state index < -0.39 is 5.82 Å². The molecule has 0 aliphatic carbocycles. The quantitative estimate of drug-likeness (QED) is 0.810. The second-order valence-corrected chi connectivity index (χ2v) is 2.76. The Morgan fingerprint density at radius 3 is 2.80 bits per heavy atom. The summed E-state index contributed by atoms with van der Waals surface area (Å²) < 4.78 is 23.4. The molecule has 0 saturated heterocycles. The summed E-state index contributed by atoms with van der Waals surface area (Å²) >= 11 is 0. The maximum atomic E-state index is 13.5. The molecule has 0 saturated carbocycles. The number of nitrogens with zero attached hydrogens (tertiary/aromatic N) is 2. The van der Waals surface area contributed by atoms with Crippen LogP contribution in [-0.2, 0) is 0 Å². The number of halogens is 1. The van der Waals surface area contributed by atoms with E-state index in [4.69, 9.17) is 14.9 Å². The molecule has 6 heteroatoms. The van der Waals surface area contributed by atoms with Crippen LogP contribution < -0.4 is 10.5 Å². The fourth-order valence-electron chi connectivity index (χ4n) is 1.22. The molecule has 1 aromatic carbocycles. The first-order valence-corrected chi connectivity index (χ1v) is 4.14. The normalized spacial score (nSPS) is 10.3. The first-order valence-electron chi connectivity index (χ1n) is 4.14. The lowest BCUT2D eigenvalue weighted by molar-refractivity contribution is 0.411. The Hall–Kier alpha value is -2.11. The number of anilines is 1. The van der Waals surface area contributed by atoms with Crippen LogP contribution in [0.2, 0.25) is 0 Å². The minimum Gasteiger partial charge on any atom is -0.496 e. The molecule has 2 N–H and O–H groups in total. The van der Waals surface area contributed by atoms with E-state index in [1.165, 1.54) is 19.2 Å². The number of nitrogens with two attached hydrogens (primary N) is 1. The highest BCUT2D eigenvalue weighted by atomic mass is 19.1. The molecule has 0 amide bonds. The highest BCUT2D eigenvalue weighted by Crippen LogP contribution is 2.31. The van der Waals surface area contributed by atoms with E-state index in [9.17, 15) is 4.39 Å². The summed E-state index contributed by atoms with van der Waals surface area (Å²) in [6.45, 7) is 0. The van der Waals surface area contributed by atoms with Crippen molar-refractivity contribution in [3.05, 3.63) is 24.0 Å². The minimum absolute atomic E-state index is 0.00227. The van der Waals surface area contributed by atoms with Gasteiger partial charge in [-0.1, -0.05) is 11.2 Å².